The monoisotopic (exact) mass is 476 g/mol. The minimum absolute atomic E-state index is 0.0311. The van der Waals surface area contributed by atoms with Crippen molar-refractivity contribution in [1.82, 2.24) is 19.9 Å². The lowest BCUT2D eigenvalue weighted by atomic mass is 10.1. The van der Waals surface area contributed by atoms with E-state index < -0.39 is 18.0 Å². The third-order valence-electron chi connectivity index (χ3n) is 5.14. The topological polar surface area (TPSA) is 137 Å². The zero-order chi connectivity index (χ0) is 24.3. The van der Waals surface area contributed by atoms with Crippen LogP contribution in [0.25, 0.3) is 11.3 Å². The molecular weight excluding hydrogens is 453 g/mol. The number of nitrogens with two attached hydrogens (primary N) is 2. The van der Waals surface area contributed by atoms with E-state index in [1.165, 1.54) is 19.4 Å². The maximum absolute atomic E-state index is 13.8. The smallest absolute Gasteiger partial charge is 0.384 e. The summed E-state index contributed by atoms with van der Waals surface area (Å²) in [5.74, 6) is 0.631. The predicted molar refractivity (Wildman–Crippen MR) is 119 cm³/mol. The van der Waals surface area contributed by atoms with Gasteiger partial charge in [0.2, 0.25) is 5.95 Å². The maximum atomic E-state index is 13.8. The molecule has 0 spiro atoms. The van der Waals surface area contributed by atoms with E-state index in [1.807, 2.05) is 4.90 Å². The summed E-state index contributed by atoms with van der Waals surface area (Å²) < 4.78 is 51.8. The summed E-state index contributed by atoms with van der Waals surface area (Å²) in [6, 6.07) is 5.54. The Labute approximate surface area is 193 Å². The summed E-state index contributed by atoms with van der Waals surface area (Å²) in [4.78, 5) is 18.8. The Balaban J connectivity index is 1.79. The molecule has 1 aliphatic rings. The number of methoxy groups -OCH3 is 1. The van der Waals surface area contributed by atoms with Gasteiger partial charge in [0, 0.05) is 49.8 Å². The molecule has 0 radical (unpaired) electrons. The highest BCUT2D eigenvalue weighted by Crippen LogP contribution is 2.38. The number of nitrogen functional groups attached to an aromatic ring is 1. The fourth-order valence-electron chi connectivity index (χ4n) is 3.41. The summed E-state index contributed by atoms with van der Waals surface area (Å²) >= 11 is 0. The van der Waals surface area contributed by atoms with Crippen LogP contribution in [0.3, 0.4) is 0 Å². The van der Waals surface area contributed by atoms with Crippen LogP contribution in [0.5, 0.6) is 0 Å². The molecule has 4 heterocycles. The van der Waals surface area contributed by atoms with Gasteiger partial charge in [-0.2, -0.15) is 18.2 Å². The first kappa shape index (κ1) is 23.6. The van der Waals surface area contributed by atoms with Crippen LogP contribution in [0.15, 0.2) is 36.7 Å². The SMILES string of the molecule is COC(N)c1ccnc(Nc2cc(-c3cnc(N)cc3C(F)(F)F)nc(N3CCOCC3)n2)c1. The molecule has 3 aromatic heterocycles. The summed E-state index contributed by atoms with van der Waals surface area (Å²) in [5.41, 5.74) is 11.0. The van der Waals surface area contributed by atoms with E-state index in [1.54, 1.807) is 12.1 Å². The molecule has 13 heteroatoms. The summed E-state index contributed by atoms with van der Waals surface area (Å²) in [5, 5.41) is 3.02. The second-order valence-corrected chi connectivity index (χ2v) is 7.45. The van der Waals surface area contributed by atoms with E-state index in [9.17, 15) is 13.2 Å². The number of halogens is 3. The molecule has 0 bridgehead atoms. The van der Waals surface area contributed by atoms with Crippen molar-refractivity contribution in [3.8, 4) is 11.3 Å². The second kappa shape index (κ2) is 9.75. The Hall–Kier alpha value is -3.55. The highest BCUT2D eigenvalue weighted by Gasteiger charge is 2.35. The van der Waals surface area contributed by atoms with E-state index in [-0.39, 0.29) is 28.8 Å². The Bertz CT molecular complexity index is 1160. The van der Waals surface area contributed by atoms with Crippen LogP contribution in [0, 0.1) is 0 Å². The molecule has 34 heavy (non-hydrogen) atoms. The largest absolute Gasteiger partial charge is 0.417 e. The van der Waals surface area contributed by atoms with Gasteiger partial charge in [-0.05, 0) is 18.2 Å². The molecule has 3 aromatic rings. The van der Waals surface area contributed by atoms with Crippen molar-refractivity contribution in [3.05, 3.63) is 47.8 Å². The van der Waals surface area contributed by atoms with Crippen molar-refractivity contribution in [2.24, 2.45) is 5.73 Å². The lowest BCUT2D eigenvalue weighted by molar-refractivity contribution is -0.137. The van der Waals surface area contributed by atoms with Gasteiger partial charge in [-0.1, -0.05) is 0 Å². The normalized spacial score (nSPS) is 15.3. The quantitative estimate of drug-likeness (QED) is 0.455. The Kier molecular flexibility index (Phi) is 6.77. The van der Waals surface area contributed by atoms with Crippen LogP contribution in [0.1, 0.15) is 17.4 Å². The van der Waals surface area contributed by atoms with Gasteiger partial charge in [0.05, 0.1) is 24.5 Å². The standard InChI is InChI=1S/C21H23F3N8O2/c1-33-19(26)12-2-3-27-17(8-12)30-18-10-15(29-20(31-18)32-4-6-34-7-5-32)13-11-28-16(25)9-14(13)21(22,23)24/h2-3,8-11,19H,4-7,26H2,1H3,(H2,25,28)(H,27,29,30,31). The first-order valence-electron chi connectivity index (χ1n) is 10.3. The third kappa shape index (κ3) is 5.32. The van der Waals surface area contributed by atoms with Gasteiger partial charge in [-0.25, -0.2) is 15.0 Å². The van der Waals surface area contributed by atoms with Crippen LogP contribution < -0.4 is 21.7 Å². The lowest BCUT2D eigenvalue weighted by Crippen LogP contribution is -2.37. The molecule has 1 atom stereocenters. The molecule has 0 aromatic carbocycles. The molecule has 0 aliphatic carbocycles. The molecule has 1 fully saturated rings. The molecule has 0 amide bonds. The minimum atomic E-state index is -4.66. The first-order chi connectivity index (χ1) is 16.2. The van der Waals surface area contributed by atoms with Gasteiger partial charge >= 0.3 is 6.18 Å². The van der Waals surface area contributed by atoms with Crippen LogP contribution in [-0.4, -0.2) is 53.3 Å². The van der Waals surface area contributed by atoms with Gasteiger partial charge < -0.3 is 31.2 Å². The summed E-state index contributed by atoms with van der Waals surface area (Å²) in [6.45, 7) is 1.88. The van der Waals surface area contributed by atoms with Crippen molar-refractivity contribution < 1.29 is 22.6 Å². The lowest BCUT2D eigenvalue weighted by Gasteiger charge is -2.27. The van der Waals surface area contributed by atoms with Gasteiger partial charge in [-0.3, -0.25) is 0 Å². The van der Waals surface area contributed by atoms with Crippen molar-refractivity contribution in [3.63, 3.8) is 0 Å². The number of pyridine rings is 2. The number of anilines is 4. The van der Waals surface area contributed by atoms with Gasteiger partial charge in [-0.15, -0.1) is 0 Å². The highest BCUT2D eigenvalue weighted by molar-refractivity contribution is 5.70. The molecule has 180 valence electrons. The summed E-state index contributed by atoms with van der Waals surface area (Å²) in [6.07, 6.45) is -2.73. The Morgan fingerprint density at radius 1 is 1.12 bits per heavy atom. The van der Waals surface area contributed by atoms with Crippen LogP contribution in [0.2, 0.25) is 0 Å². The van der Waals surface area contributed by atoms with Crippen LogP contribution in [0.4, 0.5) is 36.6 Å². The highest BCUT2D eigenvalue weighted by atomic mass is 19.4. The van der Waals surface area contributed by atoms with Crippen LogP contribution >= 0.6 is 0 Å². The van der Waals surface area contributed by atoms with E-state index in [0.29, 0.717) is 37.7 Å². The number of nitrogens with one attached hydrogen (secondary N) is 1. The number of morpholine rings is 1. The Morgan fingerprint density at radius 2 is 1.88 bits per heavy atom. The summed E-state index contributed by atoms with van der Waals surface area (Å²) in [7, 11) is 1.47. The average Bonchev–Trinajstić information content (AvgIpc) is 2.83. The van der Waals surface area contributed by atoms with Crippen molar-refractivity contribution in [1.29, 1.82) is 0 Å². The maximum Gasteiger partial charge on any atom is 0.417 e. The zero-order valence-electron chi connectivity index (χ0n) is 18.2. The number of aromatic nitrogens is 4. The van der Waals surface area contributed by atoms with E-state index in [0.717, 1.165) is 12.3 Å². The fraction of sp³-hybridized carbons (Fsp3) is 0.333. The first-order valence-corrected chi connectivity index (χ1v) is 10.3. The van der Waals surface area contributed by atoms with Crippen molar-refractivity contribution >= 4 is 23.4 Å². The molecule has 1 aliphatic heterocycles. The fourth-order valence-corrected chi connectivity index (χ4v) is 3.41. The van der Waals surface area contributed by atoms with Crippen LogP contribution in [-0.2, 0) is 15.7 Å². The molecule has 10 nitrogen and oxygen atoms in total. The molecule has 1 unspecified atom stereocenters. The minimum Gasteiger partial charge on any atom is -0.384 e. The molecule has 4 rings (SSSR count). The zero-order valence-corrected chi connectivity index (χ0v) is 18.2. The molecule has 0 saturated carbocycles. The average molecular weight is 476 g/mol. The van der Waals surface area contributed by atoms with Crippen molar-refractivity contribution in [2.45, 2.75) is 12.4 Å². The number of alkyl halides is 3. The van der Waals surface area contributed by atoms with E-state index >= 15 is 0 Å². The molecular formula is C21H23F3N8O2. The van der Waals surface area contributed by atoms with E-state index in [4.69, 9.17) is 20.9 Å². The Morgan fingerprint density at radius 3 is 2.59 bits per heavy atom. The van der Waals surface area contributed by atoms with Gasteiger partial charge in [0.1, 0.15) is 23.7 Å². The van der Waals surface area contributed by atoms with Crippen molar-refractivity contribution in [2.75, 3.05) is 49.4 Å². The number of ether oxygens (including phenoxy) is 2. The second-order valence-electron chi connectivity index (χ2n) is 7.45. The third-order valence-corrected chi connectivity index (χ3v) is 5.14. The number of nitrogens with zero attached hydrogens (tertiary/aromatic N) is 5. The number of hydrogen-bond donors (Lipinski definition) is 3. The predicted octanol–water partition coefficient (Wildman–Crippen LogP) is 2.72. The van der Waals surface area contributed by atoms with Gasteiger partial charge in [0.25, 0.3) is 0 Å². The van der Waals surface area contributed by atoms with E-state index in [2.05, 4.69) is 25.3 Å². The molecule has 5 N–H and O–H groups in total. The molecule has 1 saturated heterocycles. The number of hydrogen-bond acceptors (Lipinski definition) is 10. The number of rotatable bonds is 6. The van der Waals surface area contributed by atoms with Gasteiger partial charge in [0.15, 0.2) is 0 Å².